The number of carbonyl (C=O) groups is 2. The zero-order valence-electron chi connectivity index (χ0n) is 18.1. The minimum absolute atomic E-state index is 0.106. The van der Waals surface area contributed by atoms with Crippen LogP contribution in [0.4, 0.5) is 10.5 Å². The van der Waals surface area contributed by atoms with Gasteiger partial charge in [-0.1, -0.05) is 13.3 Å². The van der Waals surface area contributed by atoms with Gasteiger partial charge in [0.05, 0.1) is 19.9 Å². The van der Waals surface area contributed by atoms with Gasteiger partial charge in [-0.3, -0.25) is 19.9 Å². The molecule has 1 aromatic rings. The van der Waals surface area contributed by atoms with Gasteiger partial charge in [0.1, 0.15) is 30.0 Å². The van der Waals surface area contributed by atoms with Gasteiger partial charge in [0.25, 0.3) is 5.91 Å². The molecule has 3 saturated heterocycles. The van der Waals surface area contributed by atoms with Gasteiger partial charge in [-0.25, -0.2) is 4.79 Å². The Morgan fingerprint density at radius 1 is 1.17 bits per heavy atom. The van der Waals surface area contributed by atoms with Crippen LogP contribution in [0.15, 0.2) is 18.2 Å². The summed E-state index contributed by atoms with van der Waals surface area (Å²) in [6.07, 6.45) is 2.09. The van der Waals surface area contributed by atoms with E-state index in [1.165, 1.54) is 4.90 Å². The number of urea groups is 1. The van der Waals surface area contributed by atoms with E-state index >= 15 is 0 Å². The third kappa shape index (κ3) is 3.26. The molecule has 3 fully saturated rings. The van der Waals surface area contributed by atoms with E-state index in [4.69, 9.17) is 9.47 Å². The van der Waals surface area contributed by atoms with Crippen LogP contribution in [0.5, 0.6) is 11.5 Å². The maximum absolute atomic E-state index is 13.3. The molecule has 9 nitrogen and oxygen atoms in total. The van der Waals surface area contributed by atoms with E-state index in [9.17, 15) is 9.59 Å². The minimum Gasteiger partial charge on any atom is -0.497 e. The molecule has 30 heavy (non-hydrogen) atoms. The molecular formula is C21H31N5O4. The van der Waals surface area contributed by atoms with Gasteiger partial charge in [0.15, 0.2) is 0 Å². The Bertz CT molecular complexity index is 819. The molecule has 3 unspecified atom stereocenters. The molecule has 9 heteroatoms. The quantitative estimate of drug-likeness (QED) is 0.751. The number of nitrogens with one attached hydrogen (secondary N) is 1. The Kier molecular flexibility index (Phi) is 5.75. The number of carbonyl (C=O) groups excluding carboxylic acids is 2. The molecular weight excluding hydrogens is 386 g/mol. The van der Waals surface area contributed by atoms with Crippen molar-refractivity contribution in [3.8, 4) is 11.5 Å². The SMILES string of the molecule is CCCCN1C(=O)C2C(NC3N(c4cc(OC)ccc4OC)CCCN23)N(C)C1=O. The molecule has 0 radical (unpaired) electrons. The third-order valence-corrected chi connectivity index (χ3v) is 6.30. The molecule has 0 bridgehead atoms. The average molecular weight is 418 g/mol. The van der Waals surface area contributed by atoms with Crippen LogP contribution in [-0.2, 0) is 4.79 Å². The first-order valence-corrected chi connectivity index (χ1v) is 10.6. The van der Waals surface area contributed by atoms with E-state index in [1.54, 1.807) is 26.2 Å². The lowest BCUT2D eigenvalue weighted by Gasteiger charge is -2.44. The molecule has 164 valence electrons. The van der Waals surface area contributed by atoms with Crippen LogP contribution < -0.4 is 19.7 Å². The fourth-order valence-corrected chi connectivity index (χ4v) is 4.71. The van der Waals surface area contributed by atoms with Gasteiger partial charge in [0.2, 0.25) is 0 Å². The second-order valence-electron chi connectivity index (χ2n) is 7.99. The van der Waals surface area contributed by atoms with Gasteiger partial charge in [-0.2, -0.15) is 0 Å². The number of unbranched alkanes of at least 4 members (excludes halogenated alkanes) is 1. The van der Waals surface area contributed by atoms with Crippen molar-refractivity contribution in [3.63, 3.8) is 0 Å². The standard InChI is InChI=1S/C21H31N5O4/c1-5-6-10-26-19(27)17-18(23(2)21(26)28)22-20-24(11-7-12-25(17)20)15-13-14(29-3)8-9-16(15)30-4/h8-9,13,17-18,20,22H,5-7,10-12H2,1-4H3. The topological polar surface area (TPSA) is 77.6 Å². The summed E-state index contributed by atoms with van der Waals surface area (Å²) in [5.74, 6) is 1.38. The molecule has 3 aliphatic rings. The third-order valence-electron chi connectivity index (χ3n) is 6.30. The molecule has 4 rings (SSSR count). The predicted octanol–water partition coefficient (Wildman–Crippen LogP) is 1.49. The van der Waals surface area contributed by atoms with Crippen molar-refractivity contribution in [1.29, 1.82) is 0 Å². The minimum atomic E-state index is -0.394. The van der Waals surface area contributed by atoms with Crippen LogP contribution >= 0.6 is 0 Å². The Morgan fingerprint density at radius 3 is 2.67 bits per heavy atom. The zero-order valence-corrected chi connectivity index (χ0v) is 18.1. The Balaban J connectivity index is 1.66. The van der Waals surface area contributed by atoms with Crippen molar-refractivity contribution in [2.24, 2.45) is 0 Å². The summed E-state index contributed by atoms with van der Waals surface area (Å²) in [4.78, 5) is 33.6. The van der Waals surface area contributed by atoms with Gasteiger partial charge >= 0.3 is 6.03 Å². The molecule has 1 N–H and O–H groups in total. The second-order valence-corrected chi connectivity index (χ2v) is 7.99. The van der Waals surface area contributed by atoms with E-state index in [0.29, 0.717) is 6.54 Å². The molecule has 3 aliphatic heterocycles. The van der Waals surface area contributed by atoms with E-state index in [2.05, 4.69) is 22.0 Å². The highest BCUT2D eigenvalue weighted by Crippen LogP contribution is 2.38. The average Bonchev–Trinajstić information content (AvgIpc) is 3.17. The number of anilines is 1. The second kappa shape index (κ2) is 8.31. The molecule has 0 aliphatic carbocycles. The Morgan fingerprint density at radius 2 is 1.97 bits per heavy atom. The maximum atomic E-state index is 13.3. The van der Waals surface area contributed by atoms with Gasteiger partial charge in [-0.05, 0) is 25.0 Å². The predicted molar refractivity (Wildman–Crippen MR) is 112 cm³/mol. The summed E-state index contributed by atoms with van der Waals surface area (Å²) in [7, 11) is 5.06. The highest BCUT2D eigenvalue weighted by Gasteiger charge is 2.56. The molecule has 3 atom stereocenters. The number of hydrogen-bond acceptors (Lipinski definition) is 7. The van der Waals surface area contributed by atoms with Crippen LogP contribution in [-0.4, -0.2) is 86.0 Å². The van der Waals surface area contributed by atoms with Crippen molar-refractivity contribution in [2.75, 3.05) is 45.8 Å². The monoisotopic (exact) mass is 417 g/mol. The molecule has 3 heterocycles. The molecule has 0 saturated carbocycles. The summed E-state index contributed by atoms with van der Waals surface area (Å²) in [6.45, 7) is 4.12. The number of likely N-dealkylation sites (N-methyl/N-ethyl adjacent to an activating group) is 1. The number of benzene rings is 1. The lowest BCUT2D eigenvalue weighted by atomic mass is 10.1. The lowest BCUT2D eigenvalue weighted by molar-refractivity contribution is -0.138. The summed E-state index contributed by atoms with van der Waals surface area (Å²) in [5, 5.41) is 3.53. The highest BCUT2D eigenvalue weighted by atomic mass is 16.5. The largest absolute Gasteiger partial charge is 0.497 e. The molecule has 1 aromatic carbocycles. The first-order valence-electron chi connectivity index (χ1n) is 10.6. The van der Waals surface area contributed by atoms with Crippen molar-refractivity contribution >= 4 is 17.6 Å². The number of ether oxygens (including phenoxy) is 2. The first-order chi connectivity index (χ1) is 14.5. The smallest absolute Gasteiger partial charge is 0.327 e. The van der Waals surface area contributed by atoms with Crippen LogP contribution in [0, 0.1) is 0 Å². The van der Waals surface area contributed by atoms with Crippen molar-refractivity contribution < 1.29 is 19.1 Å². The molecule has 0 spiro atoms. The lowest BCUT2D eigenvalue weighted by Crippen LogP contribution is -2.66. The summed E-state index contributed by atoms with van der Waals surface area (Å²) < 4.78 is 11.0. The fraction of sp³-hybridized carbons (Fsp3) is 0.619. The Hall–Kier alpha value is -2.52. The van der Waals surface area contributed by atoms with Gasteiger partial charge < -0.3 is 19.3 Å². The summed E-state index contributed by atoms with van der Waals surface area (Å²) >= 11 is 0. The summed E-state index contributed by atoms with van der Waals surface area (Å²) in [6, 6.07) is 5.09. The molecule has 0 aromatic heterocycles. The summed E-state index contributed by atoms with van der Waals surface area (Å²) in [5.41, 5.74) is 0.905. The van der Waals surface area contributed by atoms with Crippen molar-refractivity contribution in [1.82, 2.24) is 20.0 Å². The van der Waals surface area contributed by atoms with Crippen molar-refractivity contribution in [2.45, 2.75) is 44.7 Å². The van der Waals surface area contributed by atoms with Crippen molar-refractivity contribution in [3.05, 3.63) is 18.2 Å². The zero-order chi connectivity index (χ0) is 21.4. The highest BCUT2D eigenvalue weighted by molar-refractivity contribution is 6.00. The number of methoxy groups -OCH3 is 2. The van der Waals surface area contributed by atoms with Crippen LogP contribution in [0.2, 0.25) is 0 Å². The maximum Gasteiger partial charge on any atom is 0.327 e. The van der Waals surface area contributed by atoms with E-state index in [1.807, 2.05) is 18.2 Å². The van der Waals surface area contributed by atoms with E-state index in [-0.39, 0.29) is 24.4 Å². The normalized spacial score (nSPS) is 26.7. The van der Waals surface area contributed by atoms with Crippen LogP contribution in [0.25, 0.3) is 0 Å². The van der Waals surface area contributed by atoms with Gasteiger partial charge in [-0.15, -0.1) is 0 Å². The molecule has 3 amide bonds. The van der Waals surface area contributed by atoms with Crippen LogP contribution in [0.3, 0.4) is 0 Å². The van der Waals surface area contributed by atoms with E-state index in [0.717, 1.165) is 49.5 Å². The van der Waals surface area contributed by atoms with Crippen LogP contribution in [0.1, 0.15) is 26.2 Å². The number of nitrogens with zero attached hydrogens (tertiary/aromatic N) is 4. The van der Waals surface area contributed by atoms with Gasteiger partial charge in [0, 0.05) is 32.7 Å². The first kappa shape index (κ1) is 20.7. The fourth-order valence-electron chi connectivity index (χ4n) is 4.71. The van der Waals surface area contributed by atoms with E-state index < -0.39 is 6.04 Å². The Labute approximate surface area is 177 Å². The number of rotatable bonds is 6. The number of imide groups is 1. The number of amides is 3. The number of fused-ring (bicyclic) bond motifs is 3. The number of hydrogen-bond donors (Lipinski definition) is 1.